The van der Waals surface area contributed by atoms with Crippen molar-refractivity contribution in [3.05, 3.63) is 99.6 Å². The van der Waals surface area contributed by atoms with Gasteiger partial charge in [-0.3, -0.25) is 14.4 Å². The summed E-state index contributed by atoms with van der Waals surface area (Å²) in [4.78, 5) is 39.8. The van der Waals surface area contributed by atoms with E-state index in [4.69, 9.17) is 27.9 Å². The molecule has 0 bridgehead atoms. The van der Waals surface area contributed by atoms with Crippen molar-refractivity contribution < 1.29 is 24.2 Å². The van der Waals surface area contributed by atoms with Crippen LogP contribution in [0.1, 0.15) is 54.6 Å². The Bertz CT molecular complexity index is 1400. The quantitative estimate of drug-likeness (QED) is 0.210. The average molecular weight is 598 g/mol. The van der Waals surface area contributed by atoms with Crippen molar-refractivity contribution in [2.24, 2.45) is 5.92 Å². The van der Waals surface area contributed by atoms with Crippen molar-refractivity contribution in [3.63, 3.8) is 0 Å². The molecule has 2 atom stereocenters. The number of anilines is 2. The SMILES string of the molecule is C/C=C/C(=O)N(CC(C)CC)c1cc(C(Cc2ccc(NC(=O)c3c(Cl)cccc3Cl)cc2)C(=O)O)ccc1OC. The van der Waals surface area contributed by atoms with Crippen LogP contribution in [0, 0.1) is 5.92 Å². The molecule has 2 unspecified atom stereocenters. The number of carbonyl (C=O) groups excluding carboxylic acids is 2. The third-order valence-electron chi connectivity index (χ3n) is 6.80. The highest BCUT2D eigenvalue weighted by Gasteiger charge is 2.25. The van der Waals surface area contributed by atoms with Crippen LogP contribution in [0.3, 0.4) is 0 Å². The monoisotopic (exact) mass is 596 g/mol. The summed E-state index contributed by atoms with van der Waals surface area (Å²) in [7, 11) is 1.52. The number of aliphatic carboxylic acids is 1. The Morgan fingerprint density at radius 1 is 1.05 bits per heavy atom. The number of nitrogens with one attached hydrogen (secondary N) is 1. The Kier molecular flexibility index (Phi) is 11.4. The molecule has 41 heavy (non-hydrogen) atoms. The third-order valence-corrected chi connectivity index (χ3v) is 7.43. The molecule has 0 heterocycles. The van der Waals surface area contributed by atoms with Crippen molar-refractivity contribution in [3.8, 4) is 5.75 Å². The van der Waals surface area contributed by atoms with E-state index in [2.05, 4.69) is 19.2 Å². The molecule has 2 N–H and O–H groups in total. The van der Waals surface area contributed by atoms with Gasteiger partial charge in [0.05, 0.1) is 34.3 Å². The van der Waals surface area contributed by atoms with Crippen LogP contribution in [-0.2, 0) is 16.0 Å². The first-order valence-electron chi connectivity index (χ1n) is 13.3. The van der Waals surface area contributed by atoms with Crippen LogP contribution in [-0.4, -0.2) is 36.5 Å². The minimum absolute atomic E-state index is 0.177. The molecule has 216 valence electrons. The zero-order chi connectivity index (χ0) is 30.1. The van der Waals surface area contributed by atoms with Crippen LogP contribution < -0.4 is 15.0 Å². The normalized spacial score (nSPS) is 12.5. The lowest BCUT2D eigenvalue weighted by atomic mass is 9.91. The Labute approximate surface area is 250 Å². The second-order valence-corrected chi connectivity index (χ2v) is 10.6. The molecule has 3 aromatic rings. The Balaban J connectivity index is 1.88. The number of carboxylic acids is 1. The van der Waals surface area contributed by atoms with Crippen molar-refractivity contribution >= 4 is 52.4 Å². The first kappa shape index (κ1) is 31.7. The molecule has 0 saturated carbocycles. The van der Waals surface area contributed by atoms with E-state index in [1.54, 1.807) is 78.6 Å². The lowest BCUT2D eigenvalue weighted by Gasteiger charge is -2.27. The molecule has 2 amide bonds. The summed E-state index contributed by atoms with van der Waals surface area (Å²) in [6.45, 7) is 6.35. The summed E-state index contributed by atoms with van der Waals surface area (Å²) < 4.78 is 5.56. The van der Waals surface area contributed by atoms with E-state index in [-0.39, 0.29) is 33.9 Å². The van der Waals surface area contributed by atoms with E-state index in [0.717, 1.165) is 12.0 Å². The van der Waals surface area contributed by atoms with Gasteiger partial charge < -0.3 is 20.1 Å². The van der Waals surface area contributed by atoms with Gasteiger partial charge in [0.1, 0.15) is 5.75 Å². The topological polar surface area (TPSA) is 95.9 Å². The first-order valence-corrected chi connectivity index (χ1v) is 14.0. The van der Waals surface area contributed by atoms with Gasteiger partial charge in [-0.2, -0.15) is 0 Å². The molecular formula is C32H34Cl2N2O5. The molecule has 0 saturated heterocycles. The molecule has 0 spiro atoms. The molecule has 0 fully saturated rings. The minimum atomic E-state index is -1.000. The van der Waals surface area contributed by atoms with Crippen molar-refractivity contribution in [2.75, 3.05) is 23.9 Å². The molecule has 0 aliphatic carbocycles. The number of methoxy groups -OCH3 is 1. The van der Waals surface area contributed by atoms with Crippen LogP contribution in [0.4, 0.5) is 11.4 Å². The lowest BCUT2D eigenvalue weighted by Crippen LogP contribution is -2.34. The number of rotatable bonds is 12. The van der Waals surface area contributed by atoms with Crippen molar-refractivity contribution in [1.82, 2.24) is 0 Å². The van der Waals surface area contributed by atoms with Crippen LogP contribution in [0.25, 0.3) is 0 Å². The number of halogens is 2. The number of carboxylic acid groups (broad SMARTS) is 1. The molecule has 9 heteroatoms. The number of carbonyl (C=O) groups is 3. The maximum absolute atomic E-state index is 13.0. The van der Waals surface area contributed by atoms with E-state index >= 15 is 0 Å². The molecule has 0 aliphatic heterocycles. The van der Waals surface area contributed by atoms with Crippen LogP contribution in [0.15, 0.2) is 72.8 Å². The maximum Gasteiger partial charge on any atom is 0.311 e. The van der Waals surface area contributed by atoms with Crippen LogP contribution >= 0.6 is 23.2 Å². The highest BCUT2D eigenvalue weighted by atomic mass is 35.5. The first-order chi connectivity index (χ1) is 19.6. The summed E-state index contributed by atoms with van der Waals surface area (Å²) >= 11 is 12.3. The largest absolute Gasteiger partial charge is 0.495 e. The van der Waals surface area contributed by atoms with Gasteiger partial charge in [-0.05, 0) is 72.9 Å². The fraction of sp³-hybridized carbons (Fsp3) is 0.281. The summed E-state index contributed by atoms with van der Waals surface area (Å²) in [5, 5.41) is 13.4. The van der Waals surface area contributed by atoms with Gasteiger partial charge >= 0.3 is 5.97 Å². The van der Waals surface area contributed by atoms with E-state index in [1.807, 2.05) is 0 Å². The number of benzene rings is 3. The van der Waals surface area contributed by atoms with E-state index in [1.165, 1.54) is 13.2 Å². The Hall–Kier alpha value is -3.81. The van der Waals surface area contributed by atoms with E-state index in [0.29, 0.717) is 29.2 Å². The molecule has 0 aromatic heterocycles. The molecule has 0 radical (unpaired) electrons. The zero-order valence-electron chi connectivity index (χ0n) is 23.5. The lowest BCUT2D eigenvalue weighted by molar-refractivity contribution is -0.138. The number of nitrogens with zero attached hydrogens (tertiary/aromatic N) is 1. The number of allylic oxidation sites excluding steroid dienone is 1. The summed E-state index contributed by atoms with van der Waals surface area (Å²) in [5.74, 6) is -1.83. The van der Waals surface area contributed by atoms with Crippen molar-refractivity contribution in [1.29, 1.82) is 0 Å². The maximum atomic E-state index is 13.0. The average Bonchev–Trinajstić information content (AvgIpc) is 2.94. The number of ether oxygens (including phenoxy) is 1. The van der Waals surface area contributed by atoms with Gasteiger partial charge in [-0.25, -0.2) is 0 Å². The third kappa shape index (κ3) is 8.12. The predicted molar refractivity (Wildman–Crippen MR) is 165 cm³/mol. The molecule has 3 aromatic carbocycles. The van der Waals surface area contributed by atoms with Gasteiger partial charge in [0, 0.05) is 12.2 Å². The van der Waals surface area contributed by atoms with Crippen LogP contribution in [0.2, 0.25) is 10.0 Å². The highest BCUT2D eigenvalue weighted by molar-refractivity contribution is 6.40. The van der Waals surface area contributed by atoms with Gasteiger partial charge in [-0.1, -0.05) is 73.8 Å². The van der Waals surface area contributed by atoms with E-state index in [9.17, 15) is 19.5 Å². The summed E-state index contributed by atoms with van der Waals surface area (Å²) in [6.07, 6.45) is 4.24. The van der Waals surface area contributed by atoms with Gasteiger partial charge in [-0.15, -0.1) is 0 Å². The van der Waals surface area contributed by atoms with E-state index < -0.39 is 17.8 Å². The molecule has 0 aliphatic rings. The van der Waals surface area contributed by atoms with Gasteiger partial charge in [0.15, 0.2) is 0 Å². The minimum Gasteiger partial charge on any atom is -0.495 e. The standard InChI is InChI=1S/C32H34Cl2N2O5/c1-5-8-29(37)36(19-20(3)6-2)27-18-22(13-16-28(27)41-4)24(32(39)40)17-21-11-14-23(15-12-21)35-31(38)30-25(33)9-7-10-26(30)34/h5,7-16,18,20,24H,6,17,19H2,1-4H3,(H,35,38)(H,39,40)/b8-5+. The Morgan fingerprint density at radius 2 is 1.71 bits per heavy atom. The fourth-order valence-electron chi connectivity index (χ4n) is 4.33. The highest BCUT2D eigenvalue weighted by Crippen LogP contribution is 2.34. The van der Waals surface area contributed by atoms with Gasteiger partial charge in [0.2, 0.25) is 0 Å². The van der Waals surface area contributed by atoms with Crippen molar-refractivity contribution in [2.45, 2.75) is 39.5 Å². The summed E-state index contributed by atoms with van der Waals surface area (Å²) in [5.41, 5.74) is 2.51. The number of hydrogen-bond acceptors (Lipinski definition) is 4. The number of hydrogen-bond donors (Lipinski definition) is 2. The van der Waals surface area contributed by atoms with Gasteiger partial charge in [0.25, 0.3) is 11.8 Å². The molecule has 7 nitrogen and oxygen atoms in total. The zero-order valence-corrected chi connectivity index (χ0v) is 25.0. The smallest absolute Gasteiger partial charge is 0.311 e. The fourth-order valence-corrected chi connectivity index (χ4v) is 4.90. The number of amides is 2. The molecular weight excluding hydrogens is 563 g/mol. The second kappa shape index (κ2) is 14.7. The predicted octanol–water partition coefficient (Wildman–Crippen LogP) is 7.62. The summed E-state index contributed by atoms with van der Waals surface area (Å²) in [6, 6.07) is 16.9. The Morgan fingerprint density at radius 3 is 2.27 bits per heavy atom. The van der Waals surface area contributed by atoms with Crippen LogP contribution in [0.5, 0.6) is 5.75 Å². The second-order valence-electron chi connectivity index (χ2n) is 9.74. The molecule has 3 rings (SSSR count).